The summed E-state index contributed by atoms with van der Waals surface area (Å²) in [6.07, 6.45) is 1.61. The highest BCUT2D eigenvalue weighted by Gasteiger charge is 2.30. The molecular weight excluding hydrogens is 344 g/mol. The maximum Gasteiger partial charge on any atom is 0.305 e. The molecular formula is C22H26O5. The van der Waals surface area contributed by atoms with E-state index in [9.17, 15) is 4.79 Å². The Morgan fingerprint density at radius 3 is 2.48 bits per heavy atom. The number of aryl methyl sites for hydroxylation is 1. The van der Waals surface area contributed by atoms with Crippen LogP contribution in [0, 0.1) is 0 Å². The zero-order valence-corrected chi connectivity index (χ0v) is 15.6. The first kappa shape index (κ1) is 19.5. The molecule has 2 aromatic carbocycles. The summed E-state index contributed by atoms with van der Waals surface area (Å²) in [6.45, 7) is 1.33. The molecule has 27 heavy (non-hydrogen) atoms. The third kappa shape index (κ3) is 5.89. The van der Waals surface area contributed by atoms with Crippen LogP contribution in [0.25, 0.3) is 0 Å². The Kier molecular flexibility index (Phi) is 7.39. The fourth-order valence-electron chi connectivity index (χ4n) is 3.20. The van der Waals surface area contributed by atoms with Gasteiger partial charge in [0, 0.05) is 12.8 Å². The molecule has 144 valence electrons. The van der Waals surface area contributed by atoms with E-state index in [0.717, 1.165) is 17.5 Å². The number of ether oxygens (including phenoxy) is 4. The van der Waals surface area contributed by atoms with Crippen LogP contribution >= 0.6 is 0 Å². The summed E-state index contributed by atoms with van der Waals surface area (Å²) < 4.78 is 22.1. The van der Waals surface area contributed by atoms with Gasteiger partial charge in [0.15, 0.2) is 0 Å². The van der Waals surface area contributed by atoms with Gasteiger partial charge in [0.05, 0.1) is 26.4 Å². The molecule has 0 amide bonds. The van der Waals surface area contributed by atoms with E-state index in [1.165, 1.54) is 12.7 Å². The molecule has 2 aromatic rings. The molecule has 1 aliphatic rings. The Morgan fingerprint density at radius 2 is 1.70 bits per heavy atom. The predicted octanol–water partition coefficient (Wildman–Crippen LogP) is 3.29. The van der Waals surface area contributed by atoms with E-state index in [1.807, 2.05) is 42.5 Å². The molecule has 1 saturated heterocycles. The second kappa shape index (κ2) is 10.2. The molecule has 0 spiro atoms. The zero-order chi connectivity index (χ0) is 18.9. The number of esters is 1. The summed E-state index contributed by atoms with van der Waals surface area (Å²) in [5, 5.41) is 0. The fourth-order valence-corrected chi connectivity index (χ4v) is 3.20. The third-order valence-electron chi connectivity index (χ3n) is 4.74. The van der Waals surface area contributed by atoms with Crippen LogP contribution in [0.15, 0.2) is 54.6 Å². The topological polar surface area (TPSA) is 54.0 Å². The van der Waals surface area contributed by atoms with Crippen LogP contribution in [0.1, 0.15) is 23.1 Å². The first-order valence-corrected chi connectivity index (χ1v) is 9.24. The van der Waals surface area contributed by atoms with Crippen molar-refractivity contribution in [2.45, 2.75) is 38.1 Å². The Balaban J connectivity index is 1.54. The number of hydrogen-bond acceptors (Lipinski definition) is 5. The lowest BCUT2D eigenvalue weighted by molar-refractivity contribution is -0.140. The first-order chi connectivity index (χ1) is 13.3. The second-order valence-corrected chi connectivity index (χ2v) is 6.58. The lowest BCUT2D eigenvalue weighted by atomic mass is 9.96. The monoisotopic (exact) mass is 370 g/mol. The van der Waals surface area contributed by atoms with E-state index in [1.54, 1.807) is 0 Å². The highest BCUT2D eigenvalue weighted by molar-refractivity contribution is 5.69. The van der Waals surface area contributed by atoms with Gasteiger partial charge in [-0.2, -0.15) is 0 Å². The molecule has 5 heteroatoms. The number of carbonyl (C=O) groups is 1. The minimum absolute atomic E-state index is 0.0555. The standard InChI is InChI=1S/C22H26O5/c1-24-22(23)12-11-18-9-5-6-10-19(18)13-20-21(27-16-26-20)15-25-14-17-7-3-2-4-8-17/h2-10,20-21H,11-16H2,1H3/t20-,21+/m0/s1. The van der Waals surface area contributed by atoms with Crippen molar-refractivity contribution in [3.63, 3.8) is 0 Å². The number of methoxy groups -OCH3 is 1. The molecule has 0 aliphatic carbocycles. The fraction of sp³-hybridized carbons (Fsp3) is 0.409. The molecule has 0 unspecified atom stereocenters. The van der Waals surface area contributed by atoms with E-state index in [0.29, 0.717) is 26.1 Å². The normalized spacial score (nSPS) is 19.1. The number of hydrogen-bond donors (Lipinski definition) is 0. The quantitative estimate of drug-likeness (QED) is 0.634. The van der Waals surface area contributed by atoms with Crippen molar-refractivity contribution in [2.24, 2.45) is 0 Å². The van der Waals surface area contributed by atoms with Crippen LogP contribution in [-0.2, 0) is 43.2 Å². The van der Waals surface area contributed by atoms with Crippen molar-refractivity contribution in [1.82, 2.24) is 0 Å². The summed E-state index contributed by atoms with van der Waals surface area (Å²) in [6, 6.07) is 18.2. The highest BCUT2D eigenvalue weighted by Crippen LogP contribution is 2.21. The Labute approximate surface area is 160 Å². The average molecular weight is 370 g/mol. The van der Waals surface area contributed by atoms with Gasteiger partial charge in [0.25, 0.3) is 0 Å². The Hall–Kier alpha value is -2.21. The molecule has 0 aromatic heterocycles. The summed E-state index contributed by atoms with van der Waals surface area (Å²) in [7, 11) is 1.41. The largest absolute Gasteiger partial charge is 0.469 e. The van der Waals surface area contributed by atoms with Crippen LogP contribution in [-0.4, -0.2) is 38.7 Å². The van der Waals surface area contributed by atoms with Crippen molar-refractivity contribution in [2.75, 3.05) is 20.5 Å². The van der Waals surface area contributed by atoms with Crippen LogP contribution in [0.2, 0.25) is 0 Å². The van der Waals surface area contributed by atoms with Gasteiger partial charge in [0.2, 0.25) is 0 Å². The van der Waals surface area contributed by atoms with Gasteiger partial charge in [-0.05, 0) is 23.1 Å². The lowest BCUT2D eigenvalue weighted by Crippen LogP contribution is -2.30. The molecule has 5 nitrogen and oxygen atoms in total. The van der Waals surface area contributed by atoms with Gasteiger partial charge in [-0.3, -0.25) is 4.79 Å². The third-order valence-corrected chi connectivity index (χ3v) is 4.74. The van der Waals surface area contributed by atoms with E-state index in [-0.39, 0.29) is 25.0 Å². The van der Waals surface area contributed by atoms with E-state index in [4.69, 9.17) is 18.9 Å². The van der Waals surface area contributed by atoms with Gasteiger partial charge < -0.3 is 18.9 Å². The summed E-state index contributed by atoms with van der Waals surface area (Å²) in [5.41, 5.74) is 3.45. The van der Waals surface area contributed by atoms with Gasteiger partial charge in [-0.15, -0.1) is 0 Å². The van der Waals surface area contributed by atoms with Crippen LogP contribution in [0.5, 0.6) is 0 Å². The van der Waals surface area contributed by atoms with Crippen molar-refractivity contribution in [3.8, 4) is 0 Å². The number of benzene rings is 2. The van der Waals surface area contributed by atoms with Gasteiger partial charge >= 0.3 is 5.97 Å². The summed E-state index contributed by atoms with van der Waals surface area (Å²) in [4.78, 5) is 11.4. The zero-order valence-electron chi connectivity index (χ0n) is 15.6. The number of rotatable bonds is 9. The molecule has 2 atom stereocenters. The molecule has 0 saturated carbocycles. The summed E-state index contributed by atoms with van der Waals surface area (Å²) in [5.74, 6) is -0.197. The van der Waals surface area contributed by atoms with Crippen LogP contribution < -0.4 is 0 Å². The Bertz CT molecular complexity index is 716. The molecule has 0 bridgehead atoms. The predicted molar refractivity (Wildman–Crippen MR) is 101 cm³/mol. The lowest BCUT2D eigenvalue weighted by Gasteiger charge is -2.19. The van der Waals surface area contributed by atoms with E-state index in [2.05, 4.69) is 12.1 Å². The maximum absolute atomic E-state index is 11.4. The molecule has 1 heterocycles. The highest BCUT2D eigenvalue weighted by atomic mass is 16.7. The molecule has 3 rings (SSSR count). The van der Waals surface area contributed by atoms with Crippen molar-refractivity contribution < 1.29 is 23.7 Å². The molecule has 1 fully saturated rings. The number of carbonyl (C=O) groups excluding carboxylic acids is 1. The van der Waals surface area contributed by atoms with Crippen LogP contribution in [0.3, 0.4) is 0 Å². The van der Waals surface area contributed by atoms with Crippen LogP contribution in [0.4, 0.5) is 0 Å². The smallest absolute Gasteiger partial charge is 0.305 e. The van der Waals surface area contributed by atoms with Crippen molar-refractivity contribution >= 4 is 5.97 Å². The van der Waals surface area contributed by atoms with Crippen molar-refractivity contribution in [1.29, 1.82) is 0 Å². The minimum atomic E-state index is -0.197. The molecule has 0 N–H and O–H groups in total. The Morgan fingerprint density at radius 1 is 1.00 bits per heavy atom. The molecule has 0 radical (unpaired) electrons. The van der Waals surface area contributed by atoms with Gasteiger partial charge in [-0.1, -0.05) is 54.6 Å². The van der Waals surface area contributed by atoms with E-state index < -0.39 is 0 Å². The van der Waals surface area contributed by atoms with Crippen molar-refractivity contribution in [3.05, 3.63) is 71.3 Å². The minimum Gasteiger partial charge on any atom is -0.469 e. The SMILES string of the molecule is COC(=O)CCc1ccccc1C[C@@H]1OCO[C@@H]1COCc1ccccc1. The molecule has 1 aliphatic heterocycles. The second-order valence-electron chi connectivity index (χ2n) is 6.58. The maximum atomic E-state index is 11.4. The van der Waals surface area contributed by atoms with E-state index >= 15 is 0 Å². The summed E-state index contributed by atoms with van der Waals surface area (Å²) >= 11 is 0. The van der Waals surface area contributed by atoms with Gasteiger partial charge in [0.1, 0.15) is 12.9 Å². The average Bonchev–Trinajstić information content (AvgIpc) is 3.15. The first-order valence-electron chi connectivity index (χ1n) is 9.24. The van der Waals surface area contributed by atoms with Gasteiger partial charge in [-0.25, -0.2) is 0 Å².